The summed E-state index contributed by atoms with van der Waals surface area (Å²) in [5, 5.41) is 35.9. The number of amides is 2. The Bertz CT molecular complexity index is 2360. The van der Waals surface area contributed by atoms with E-state index >= 15 is 0 Å². The highest BCUT2D eigenvalue weighted by molar-refractivity contribution is 8.13. The predicted octanol–water partition coefficient (Wildman–Crippen LogP) is 3.11. The summed E-state index contributed by atoms with van der Waals surface area (Å²) in [5.74, 6) is -0.788. The molecule has 28 nitrogen and oxygen atoms in total. The molecule has 73 heavy (non-hydrogen) atoms. The van der Waals surface area contributed by atoms with Crippen molar-refractivity contribution in [1.29, 1.82) is 0 Å². The first kappa shape index (κ1) is 60.7. The Morgan fingerprint density at radius 3 is 2.47 bits per heavy atom. The van der Waals surface area contributed by atoms with E-state index in [2.05, 4.69) is 64.5 Å². The topological polar surface area (TPSA) is 412 Å². The Labute approximate surface area is 424 Å². The number of nitrogens with one attached hydrogen (secondary N) is 2. The number of allylic oxidation sites excluding steroid dienone is 2. The predicted molar refractivity (Wildman–Crippen MR) is 257 cm³/mol. The number of rotatable bonds is 32. The first-order chi connectivity index (χ1) is 34.4. The average Bonchev–Trinajstić information content (AvgIpc) is 4.12. The van der Waals surface area contributed by atoms with Crippen molar-refractivity contribution in [3.63, 3.8) is 0 Å². The van der Waals surface area contributed by atoms with Crippen LogP contribution >= 0.6 is 35.2 Å². The van der Waals surface area contributed by atoms with Crippen molar-refractivity contribution in [1.82, 2.24) is 30.2 Å². The number of aromatic nitrogens is 4. The molecule has 2 aromatic heterocycles. The number of ether oxygens (including phenoxy) is 1. The number of thioether (sulfide) groups is 1. The molecule has 11 N–H and O–H groups in total. The number of phosphoric ester groups is 3. The lowest BCUT2D eigenvalue weighted by Gasteiger charge is -2.30. The van der Waals surface area contributed by atoms with E-state index in [1.165, 1.54) is 13.8 Å². The Kier molecular flexibility index (Phi) is 23.1. The number of fused-ring (bicyclic) bond motifs is 3. The summed E-state index contributed by atoms with van der Waals surface area (Å²) in [6, 6.07) is 0. The van der Waals surface area contributed by atoms with Crippen molar-refractivity contribution in [3.8, 4) is 0 Å². The molecule has 1 saturated carbocycles. The van der Waals surface area contributed by atoms with Crippen LogP contribution < -0.4 is 16.4 Å². The largest absolute Gasteiger partial charge is 0.481 e. The number of nitrogens with two attached hydrogens (primary N) is 1. The first-order valence-corrected chi connectivity index (χ1v) is 28.9. The lowest BCUT2D eigenvalue weighted by Crippen LogP contribution is -2.46. The molecule has 5 rings (SSSR count). The first-order valence-electron chi connectivity index (χ1n) is 23.4. The van der Waals surface area contributed by atoms with Gasteiger partial charge in [0.25, 0.3) is 0 Å². The second-order valence-electron chi connectivity index (χ2n) is 18.2. The maximum Gasteiger partial charge on any atom is 0.481 e. The summed E-state index contributed by atoms with van der Waals surface area (Å²) in [7, 11) is -16.5. The van der Waals surface area contributed by atoms with Crippen LogP contribution in [0.3, 0.4) is 0 Å². The average molecular weight is 1120 g/mol. The third kappa shape index (κ3) is 18.5. The Hall–Kier alpha value is -3.12. The molecule has 0 radical (unpaired) electrons. The molecule has 3 aliphatic rings. The standard InChI is InChI=1S/C41H66N7O21P3S/c1-4-5-8-11-25(65-54)14-15-27-26(28-20-29(27)67-66-28)12-9-6-7-10-13-32(50)73-19-18-43-31(49)16-17-44-39(53)36(52)41(2,3)22-63-72(60,61)69-71(58,59)62-21-30-35(68-70(55,56)57)34(51)40(64-30)48-24-47-33-37(42)45-23-46-38(33)48/h6,9,14-15,23-30,34-36,40,51-52,54H,4-5,7-8,10-13,16-22H2,1-3H3,(H,43,49)(H,44,53)(H,58,59)(H,60,61)(H2,42,45,46)(H2,55,56,57)/b9-6+,15-14+. The molecule has 412 valence electrons. The molecule has 12 atom stereocenters. The highest BCUT2D eigenvalue weighted by Gasteiger charge is 2.51. The fourth-order valence-electron chi connectivity index (χ4n) is 8.15. The Balaban J connectivity index is 0.945. The van der Waals surface area contributed by atoms with Crippen LogP contribution in [0.15, 0.2) is 37.0 Å². The molecule has 0 aromatic carbocycles. The van der Waals surface area contributed by atoms with Crippen molar-refractivity contribution in [2.45, 2.75) is 134 Å². The van der Waals surface area contributed by atoms with Gasteiger partial charge in [-0.25, -0.2) is 43.3 Å². The second kappa shape index (κ2) is 27.8. The van der Waals surface area contributed by atoms with E-state index in [9.17, 15) is 63.1 Å². The zero-order valence-electron chi connectivity index (χ0n) is 40.3. The van der Waals surface area contributed by atoms with Gasteiger partial charge in [-0.05, 0) is 25.7 Å². The van der Waals surface area contributed by atoms with Crippen molar-refractivity contribution in [3.05, 3.63) is 37.0 Å². The lowest BCUT2D eigenvalue weighted by atomic mass is 9.87. The van der Waals surface area contributed by atoms with Crippen molar-refractivity contribution in [2.24, 2.45) is 17.3 Å². The van der Waals surface area contributed by atoms with Crippen LogP contribution in [0.1, 0.15) is 91.2 Å². The molecule has 32 heteroatoms. The minimum atomic E-state index is -5.60. The van der Waals surface area contributed by atoms with Crippen LogP contribution in [0.4, 0.5) is 5.82 Å². The zero-order chi connectivity index (χ0) is 53.6. The van der Waals surface area contributed by atoms with Crippen molar-refractivity contribution >= 4 is 69.1 Å². The van der Waals surface area contributed by atoms with Gasteiger partial charge in [0.15, 0.2) is 22.8 Å². The van der Waals surface area contributed by atoms with E-state index < -0.39 is 84.6 Å². The SMILES string of the molecule is CCCCCC(/C=C/C1C2CC(OO2)C1C/C=C/CCCC(=O)SCCNC(=O)CCNC(=O)C(O)C(C)(C)COP(=O)(O)OP(=O)(O)OCC1OC(n2cnc3c(N)ncnc32)C(O)C1OP(=O)(O)O)OO. The number of imidazole rings is 1. The fourth-order valence-corrected chi connectivity index (χ4v) is 11.7. The fraction of sp³-hybridized carbons (Fsp3) is 0.707. The number of nitrogen functional groups attached to an aromatic ring is 1. The molecule has 2 bridgehead atoms. The minimum Gasteiger partial charge on any atom is -0.386 e. The van der Waals surface area contributed by atoms with Crippen LogP contribution in [0.5, 0.6) is 0 Å². The summed E-state index contributed by atoms with van der Waals surface area (Å²) in [6.45, 7) is 2.54. The molecule has 2 aliphatic heterocycles. The van der Waals surface area contributed by atoms with Gasteiger partial charge in [0.1, 0.15) is 48.5 Å². The van der Waals surface area contributed by atoms with Crippen LogP contribution in [0.25, 0.3) is 11.2 Å². The number of hydrogen-bond donors (Lipinski definition) is 10. The van der Waals surface area contributed by atoms with Crippen molar-refractivity contribution in [2.75, 3.05) is 37.8 Å². The summed E-state index contributed by atoms with van der Waals surface area (Å²) in [6.07, 6.45) is 7.89. The maximum atomic E-state index is 12.8. The van der Waals surface area contributed by atoms with E-state index in [1.807, 2.05) is 6.08 Å². The molecule has 2 amide bonds. The third-order valence-corrected chi connectivity index (χ3v) is 16.1. The van der Waals surface area contributed by atoms with Gasteiger partial charge in [0, 0.05) is 55.4 Å². The Morgan fingerprint density at radius 2 is 1.74 bits per heavy atom. The van der Waals surface area contributed by atoms with Crippen LogP contribution in [-0.2, 0) is 65.4 Å². The van der Waals surface area contributed by atoms with Gasteiger partial charge >= 0.3 is 23.5 Å². The summed E-state index contributed by atoms with van der Waals surface area (Å²) < 4.78 is 62.5. The van der Waals surface area contributed by atoms with Gasteiger partial charge in [0.2, 0.25) is 11.8 Å². The molecule has 2 saturated heterocycles. The van der Waals surface area contributed by atoms with Gasteiger partial charge in [-0.2, -0.15) is 4.31 Å². The van der Waals surface area contributed by atoms with Gasteiger partial charge in [-0.15, -0.1) is 0 Å². The monoisotopic (exact) mass is 1120 g/mol. The Morgan fingerprint density at radius 1 is 1.00 bits per heavy atom. The van der Waals surface area contributed by atoms with E-state index in [0.29, 0.717) is 25.0 Å². The van der Waals surface area contributed by atoms with Gasteiger partial charge in [0.05, 0.1) is 25.6 Å². The quantitative estimate of drug-likeness (QED) is 0.0165. The van der Waals surface area contributed by atoms with Gasteiger partial charge < -0.3 is 50.9 Å². The minimum absolute atomic E-state index is 0.00449. The maximum absolute atomic E-state index is 12.8. The molecular formula is C41H66N7O21P3S. The molecule has 3 fully saturated rings. The number of aliphatic hydroxyl groups excluding tert-OH is 2. The number of aliphatic hydroxyl groups is 2. The zero-order valence-corrected chi connectivity index (χ0v) is 43.8. The molecule has 12 unspecified atom stereocenters. The lowest BCUT2D eigenvalue weighted by molar-refractivity contribution is -0.336. The molecule has 4 heterocycles. The van der Waals surface area contributed by atoms with E-state index in [4.69, 9.17) is 29.3 Å². The molecule has 1 aliphatic carbocycles. The normalized spacial score (nSPS) is 25.8. The molecular weight excluding hydrogens is 1050 g/mol. The number of hydrogen-bond acceptors (Lipinski definition) is 22. The number of carbonyl (C=O) groups excluding carboxylic acids is 3. The number of nitrogens with zero attached hydrogens (tertiary/aromatic N) is 4. The summed E-state index contributed by atoms with van der Waals surface area (Å²) >= 11 is 1.09. The van der Waals surface area contributed by atoms with E-state index in [0.717, 1.165) is 67.5 Å². The van der Waals surface area contributed by atoms with Gasteiger partial charge in [-0.3, -0.25) is 37.8 Å². The number of carbonyl (C=O) groups is 3. The summed E-state index contributed by atoms with van der Waals surface area (Å²) in [4.78, 5) is 104. The summed E-state index contributed by atoms with van der Waals surface area (Å²) in [5.41, 5.74) is 4.25. The molecule has 0 spiro atoms. The van der Waals surface area contributed by atoms with E-state index in [-0.39, 0.29) is 71.8 Å². The highest BCUT2D eigenvalue weighted by atomic mass is 32.2. The van der Waals surface area contributed by atoms with Crippen molar-refractivity contribution < 1.29 is 100 Å². The number of anilines is 1. The second-order valence-corrected chi connectivity index (χ2v) is 23.5. The highest BCUT2D eigenvalue weighted by Crippen LogP contribution is 2.61. The van der Waals surface area contributed by atoms with E-state index in [1.54, 1.807) is 0 Å². The number of phosphoric acid groups is 3. The third-order valence-electron chi connectivity index (χ3n) is 12.0. The molecule has 2 aromatic rings. The van der Waals surface area contributed by atoms with Crippen LogP contribution in [0, 0.1) is 17.3 Å². The van der Waals surface area contributed by atoms with Crippen LogP contribution in [0.2, 0.25) is 0 Å². The van der Waals surface area contributed by atoms with Gasteiger partial charge in [-0.1, -0.05) is 76.1 Å². The smallest absolute Gasteiger partial charge is 0.386 e. The van der Waals surface area contributed by atoms with Crippen LogP contribution in [-0.4, -0.2) is 146 Å². The number of unbranched alkanes of at least 4 members (excludes halogenated alkanes) is 3.